The van der Waals surface area contributed by atoms with Gasteiger partial charge < -0.3 is 14.6 Å². The van der Waals surface area contributed by atoms with Crippen molar-refractivity contribution in [2.45, 2.75) is 25.7 Å². The smallest absolute Gasteiger partial charge is 0.261 e. The molecule has 1 fully saturated rings. The van der Waals surface area contributed by atoms with E-state index in [1.165, 1.54) is 0 Å². The minimum Gasteiger partial charge on any atom is -0.497 e. The molecule has 0 spiro atoms. The zero-order valence-electron chi connectivity index (χ0n) is 15.6. The van der Waals surface area contributed by atoms with Crippen molar-refractivity contribution in [3.05, 3.63) is 54.1 Å². The van der Waals surface area contributed by atoms with Gasteiger partial charge in [0.05, 0.1) is 18.4 Å². The van der Waals surface area contributed by atoms with Crippen LogP contribution in [0.3, 0.4) is 0 Å². The Morgan fingerprint density at radius 3 is 2.64 bits per heavy atom. The number of rotatable bonds is 5. The van der Waals surface area contributed by atoms with Crippen LogP contribution in [0, 0.1) is 6.92 Å². The van der Waals surface area contributed by atoms with E-state index in [0.717, 1.165) is 52.4 Å². The van der Waals surface area contributed by atoms with Gasteiger partial charge in [0.2, 0.25) is 0 Å². The number of aromatic nitrogens is 4. The normalized spacial score (nSPS) is 13.6. The molecule has 0 unspecified atom stereocenters. The first-order valence-electron chi connectivity index (χ1n) is 9.22. The number of benzene rings is 1. The van der Waals surface area contributed by atoms with Gasteiger partial charge in [-0.2, -0.15) is 4.98 Å². The van der Waals surface area contributed by atoms with E-state index in [2.05, 4.69) is 25.4 Å². The molecule has 1 aliphatic rings. The van der Waals surface area contributed by atoms with E-state index in [1.807, 2.05) is 43.3 Å². The highest BCUT2D eigenvalue weighted by atomic mass is 16.5. The molecule has 1 aliphatic carbocycles. The largest absolute Gasteiger partial charge is 0.497 e. The molecule has 0 amide bonds. The Bertz CT molecular complexity index is 1150. The fourth-order valence-electron chi connectivity index (χ4n) is 3.14. The predicted octanol–water partition coefficient (Wildman–Crippen LogP) is 4.62. The van der Waals surface area contributed by atoms with Gasteiger partial charge in [0.1, 0.15) is 5.75 Å². The molecule has 4 aromatic rings. The first kappa shape index (κ1) is 16.7. The maximum atomic E-state index is 5.56. The molecule has 3 aromatic heterocycles. The van der Waals surface area contributed by atoms with Crippen LogP contribution in [-0.4, -0.2) is 27.2 Å². The number of fused-ring (bicyclic) bond motifs is 1. The standard InChI is InChI=1S/C21H19N5O2/c1-12-3-10-16-18(24-14-6-8-15(27-2)9-7-14)17(11-22-20(16)23-12)21-25-19(26-28-21)13-4-5-13/h3,6-11,13H,4-5H2,1-2H3,(H,22,23,24). The molecule has 3 heterocycles. The summed E-state index contributed by atoms with van der Waals surface area (Å²) in [7, 11) is 1.65. The number of nitrogens with one attached hydrogen (secondary N) is 1. The van der Waals surface area contributed by atoms with Crippen LogP contribution in [-0.2, 0) is 0 Å². The van der Waals surface area contributed by atoms with Crippen molar-refractivity contribution in [1.29, 1.82) is 0 Å². The third kappa shape index (κ3) is 3.05. The Hall–Kier alpha value is -3.48. The third-order valence-corrected chi connectivity index (χ3v) is 4.84. The summed E-state index contributed by atoms with van der Waals surface area (Å²) in [5, 5.41) is 8.51. The zero-order chi connectivity index (χ0) is 19.1. The number of hydrogen-bond donors (Lipinski definition) is 1. The van der Waals surface area contributed by atoms with Gasteiger partial charge in [-0.3, -0.25) is 0 Å². The van der Waals surface area contributed by atoms with Crippen LogP contribution in [0.25, 0.3) is 22.5 Å². The fourth-order valence-corrected chi connectivity index (χ4v) is 3.14. The lowest BCUT2D eigenvalue weighted by Gasteiger charge is -2.13. The molecule has 1 saturated carbocycles. The Morgan fingerprint density at radius 1 is 1.07 bits per heavy atom. The number of nitrogens with zero attached hydrogens (tertiary/aromatic N) is 4. The maximum absolute atomic E-state index is 5.56. The number of ether oxygens (including phenoxy) is 1. The number of anilines is 2. The number of hydrogen-bond acceptors (Lipinski definition) is 7. The molecule has 7 heteroatoms. The Labute approximate surface area is 161 Å². The first-order chi connectivity index (χ1) is 13.7. The van der Waals surface area contributed by atoms with Crippen LogP contribution in [0.15, 0.2) is 47.1 Å². The quantitative estimate of drug-likeness (QED) is 0.546. The van der Waals surface area contributed by atoms with Gasteiger partial charge in [-0.05, 0) is 56.2 Å². The van der Waals surface area contributed by atoms with Crippen molar-refractivity contribution in [1.82, 2.24) is 20.1 Å². The highest BCUT2D eigenvalue weighted by molar-refractivity contribution is 5.98. The van der Waals surface area contributed by atoms with Gasteiger partial charge in [-0.1, -0.05) is 5.16 Å². The number of methoxy groups -OCH3 is 1. The highest BCUT2D eigenvalue weighted by Crippen LogP contribution is 2.40. The Balaban J connectivity index is 1.63. The predicted molar refractivity (Wildman–Crippen MR) is 106 cm³/mol. The lowest BCUT2D eigenvalue weighted by atomic mass is 10.1. The molecule has 1 N–H and O–H groups in total. The van der Waals surface area contributed by atoms with Crippen molar-refractivity contribution in [2.24, 2.45) is 0 Å². The van der Waals surface area contributed by atoms with Gasteiger partial charge in [0.25, 0.3) is 5.89 Å². The molecule has 28 heavy (non-hydrogen) atoms. The number of pyridine rings is 2. The van der Waals surface area contributed by atoms with Crippen LogP contribution < -0.4 is 10.1 Å². The molecule has 7 nitrogen and oxygen atoms in total. The molecule has 0 atom stereocenters. The van der Waals surface area contributed by atoms with Crippen molar-refractivity contribution in [2.75, 3.05) is 12.4 Å². The average Bonchev–Trinajstić information content (AvgIpc) is 3.46. The molecular weight excluding hydrogens is 354 g/mol. The monoisotopic (exact) mass is 373 g/mol. The fraction of sp³-hybridized carbons (Fsp3) is 0.238. The van der Waals surface area contributed by atoms with Crippen LogP contribution >= 0.6 is 0 Å². The zero-order valence-corrected chi connectivity index (χ0v) is 15.6. The molecule has 0 aliphatic heterocycles. The molecule has 140 valence electrons. The van der Waals surface area contributed by atoms with Crippen LogP contribution in [0.4, 0.5) is 11.4 Å². The van der Waals surface area contributed by atoms with E-state index >= 15 is 0 Å². The first-order valence-corrected chi connectivity index (χ1v) is 9.22. The second kappa shape index (κ2) is 6.60. The van der Waals surface area contributed by atoms with Gasteiger partial charge in [0.15, 0.2) is 11.5 Å². The van der Waals surface area contributed by atoms with Crippen LogP contribution in [0.1, 0.15) is 30.3 Å². The summed E-state index contributed by atoms with van der Waals surface area (Å²) in [6, 6.07) is 11.7. The van der Waals surface area contributed by atoms with Gasteiger partial charge in [-0.25, -0.2) is 9.97 Å². The Kier molecular flexibility index (Phi) is 3.93. The Morgan fingerprint density at radius 2 is 1.89 bits per heavy atom. The lowest BCUT2D eigenvalue weighted by molar-refractivity contribution is 0.415. The summed E-state index contributed by atoms with van der Waals surface area (Å²) < 4.78 is 10.8. The van der Waals surface area contributed by atoms with E-state index in [1.54, 1.807) is 13.3 Å². The molecule has 0 saturated heterocycles. The minimum atomic E-state index is 0.424. The summed E-state index contributed by atoms with van der Waals surface area (Å²) in [5.41, 5.74) is 4.10. The van der Waals surface area contributed by atoms with E-state index in [0.29, 0.717) is 17.5 Å². The van der Waals surface area contributed by atoms with Crippen molar-refractivity contribution in [3.63, 3.8) is 0 Å². The molecule has 5 rings (SSSR count). The summed E-state index contributed by atoms with van der Waals surface area (Å²) in [6.45, 7) is 1.95. The van der Waals surface area contributed by atoms with Crippen molar-refractivity contribution >= 4 is 22.4 Å². The second-order valence-corrected chi connectivity index (χ2v) is 6.96. The molecule has 0 bridgehead atoms. The maximum Gasteiger partial charge on any atom is 0.261 e. The summed E-state index contributed by atoms with van der Waals surface area (Å²) in [6.07, 6.45) is 3.98. The molecule has 0 radical (unpaired) electrons. The molecular formula is C21H19N5O2. The minimum absolute atomic E-state index is 0.424. The van der Waals surface area contributed by atoms with Crippen LogP contribution in [0.5, 0.6) is 5.75 Å². The van der Waals surface area contributed by atoms with E-state index in [-0.39, 0.29) is 0 Å². The lowest BCUT2D eigenvalue weighted by Crippen LogP contribution is -1.98. The topological polar surface area (TPSA) is 86.0 Å². The van der Waals surface area contributed by atoms with Crippen molar-refractivity contribution in [3.8, 4) is 17.2 Å². The van der Waals surface area contributed by atoms with Gasteiger partial charge in [0, 0.05) is 28.9 Å². The summed E-state index contributed by atoms with van der Waals surface area (Å²) in [5.74, 6) is 2.46. The van der Waals surface area contributed by atoms with E-state index < -0.39 is 0 Å². The number of aryl methyl sites for hydroxylation is 1. The SMILES string of the molecule is COc1ccc(Nc2c(-c3nc(C4CC4)no3)cnc3nc(C)ccc23)cc1. The van der Waals surface area contributed by atoms with Gasteiger partial charge >= 0.3 is 0 Å². The van der Waals surface area contributed by atoms with Crippen LogP contribution in [0.2, 0.25) is 0 Å². The summed E-state index contributed by atoms with van der Waals surface area (Å²) >= 11 is 0. The van der Waals surface area contributed by atoms with Crippen molar-refractivity contribution < 1.29 is 9.26 Å². The molecule has 1 aromatic carbocycles. The van der Waals surface area contributed by atoms with Gasteiger partial charge in [-0.15, -0.1) is 0 Å². The van der Waals surface area contributed by atoms with E-state index in [9.17, 15) is 0 Å². The highest BCUT2D eigenvalue weighted by Gasteiger charge is 2.29. The average molecular weight is 373 g/mol. The third-order valence-electron chi connectivity index (χ3n) is 4.84. The second-order valence-electron chi connectivity index (χ2n) is 6.96. The summed E-state index contributed by atoms with van der Waals surface area (Å²) in [4.78, 5) is 13.7. The van der Waals surface area contributed by atoms with E-state index in [4.69, 9.17) is 9.26 Å².